The molecule has 0 saturated heterocycles. The van der Waals surface area contributed by atoms with Crippen molar-refractivity contribution in [3.63, 3.8) is 0 Å². The first-order chi connectivity index (χ1) is 8.72. The van der Waals surface area contributed by atoms with Crippen molar-refractivity contribution >= 4 is 15.9 Å². The average Bonchev–Trinajstić information content (AvgIpc) is 2.28. The van der Waals surface area contributed by atoms with Gasteiger partial charge >= 0.3 is 0 Å². The van der Waals surface area contributed by atoms with Crippen molar-refractivity contribution in [1.29, 1.82) is 0 Å². The standard InChI is InChI=1S/C13H28N2O3S/c1-6-14(7-2)13(16)9-11-15(19(5,17)18)10-8-12(3)4/h12H,6-11H2,1-5H3. The van der Waals surface area contributed by atoms with Crippen LogP contribution < -0.4 is 0 Å². The minimum absolute atomic E-state index is 0.0168. The van der Waals surface area contributed by atoms with Crippen LogP contribution in [0.2, 0.25) is 0 Å². The van der Waals surface area contributed by atoms with E-state index in [0.29, 0.717) is 25.6 Å². The van der Waals surface area contributed by atoms with Crippen LogP contribution in [0.5, 0.6) is 0 Å². The van der Waals surface area contributed by atoms with Gasteiger partial charge in [-0.1, -0.05) is 13.8 Å². The van der Waals surface area contributed by atoms with Crippen LogP contribution in [0.15, 0.2) is 0 Å². The number of nitrogens with zero attached hydrogens (tertiary/aromatic N) is 2. The van der Waals surface area contributed by atoms with Crippen LogP contribution in [-0.4, -0.2) is 56.0 Å². The minimum atomic E-state index is -3.23. The molecule has 19 heavy (non-hydrogen) atoms. The van der Waals surface area contributed by atoms with Crippen LogP contribution in [0, 0.1) is 5.92 Å². The summed E-state index contributed by atoms with van der Waals surface area (Å²) in [5, 5.41) is 0. The van der Waals surface area contributed by atoms with Gasteiger partial charge in [0.05, 0.1) is 6.26 Å². The van der Waals surface area contributed by atoms with Gasteiger partial charge in [-0.2, -0.15) is 0 Å². The summed E-state index contributed by atoms with van der Waals surface area (Å²) >= 11 is 0. The molecular formula is C13H28N2O3S. The van der Waals surface area contributed by atoms with E-state index in [0.717, 1.165) is 6.42 Å². The first kappa shape index (κ1) is 18.4. The maximum atomic E-state index is 11.9. The van der Waals surface area contributed by atoms with E-state index < -0.39 is 10.0 Å². The zero-order chi connectivity index (χ0) is 15.1. The van der Waals surface area contributed by atoms with Crippen molar-refractivity contribution in [1.82, 2.24) is 9.21 Å². The molecule has 6 heteroatoms. The molecule has 0 unspecified atom stereocenters. The highest BCUT2D eigenvalue weighted by molar-refractivity contribution is 7.88. The highest BCUT2D eigenvalue weighted by Crippen LogP contribution is 2.07. The molecule has 0 atom stereocenters. The number of sulfonamides is 1. The Hall–Kier alpha value is -0.620. The van der Waals surface area contributed by atoms with E-state index in [-0.39, 0.29) is 18.9 Å². The summed E-state index contributed by atoms with van der Waals surface area (Å²) in [4.78, 5) is 13.6. The van der Waals surface area contributed by atoms with Crippen molar-refractivity contribution < 1.29 is 13.2 Å². The van der Waals surface area contributed by atoms with E-state index in [2.05, 4.69) is 13.8 Å². The predicted molar refractivity (Wildman–Crippen MR) is 78.4 cm³/mol. The Kier molecular flexibility index (Phi) is 8.25. The van der Waals surface area contributed by atoms with Crippen molar-refractivity contribution in [2.75, 3.05) is 32.4 Å². The smallest absolute Gasteiger partial charge is 0.223 e. The van der Waals surface area contributed by atoms with Gasteiger partial charge in [-0.15, -0.1) is 0 Å². The van der Waals surface area contributed by atoms with Gasteiger partial charge in [-0.3, -0.25) is 4.79 Å². The Morgan fingerprint density at radius 2 is 1.63 bits per heavy atom. The second-order valence-electron chi connectivity index (χ2n) is 5.16. The van der Waals surface area contributed by atoms with E-state index >= 15 is 0 Å². The number of amides is 1. The third kappa shape index (κ3) is 7.52. The lowest BCUT2D eigenvalue weighted by Gasteiger charge is -2.23. The van der Waals surface area contributed by atoms with Crippen LogP contribution in [0.3, 0.4) is 0 Å². The number of carbonyl (C=O) groups is 1. The number of hydrogen-bond acceptors (Lipinski definition) is 3. The Balaban J connectivity index is 4.46. The van der Waals surface area contributed by atoms with Crippen molar-refractivity contribution in [2.45, 2.75) is 40.5 Å². The third-order valence-electron chi connectivity index (χ3n) is 3.12. The molecule has 0 saturated carbocycles. The Morgan fingerprint density at radius 3 is 2.00 bits per heavy atom. The maximum absolute atomic E-state index is 11.9. The second kappa shape index (κ2) is 8.53. The topological polar surface area (TPSA) is 57.7 Å². The van der Waals surface area contributed by atoms with Crippen molar-refractivity contribution in [3.8, 4) is 0 Å². The Labute approximate surface area is 118 Å². The van der Waals surface area contributed by atoms with Gasteiger partial charge in [0, 0.05) is 32.6 Å². The van der Waals surface area contributed by atoms with E-state index in [1.54, 1.807) is 4.90 Å². The molecule has 0 fully saturated rings. The monoisotopic (exact) mass is 292 g/mol. The van der Waals surface area contributed by atoms with Gasteiger partial charge in [-0.25, -0.2) is 12.7 Å². The molecule has 114 valence electrons. The molecule has 0 aromatic carbocycles. The van der Waals surface area contributed by atoms with Crippen LogP contribution >= 0.6 is 0 Å². The summed E-state index contributed by atoms with van der Waals surface area (Å²) in [6, 6.07) is 0. The lowest BCUT2D eigenvalue weighted by molar-refractivity contribution is -0.130. The van der Waals surface area contributed by atoms with E-state index in [9.17, 15) is 13.2 Å². The maximum Gasteiger partial charge on any atom is 0.223 e. The third-order valence-corrected chi connectivity index (χ3v) is 4.42. The molecular weight excluding hydrogens is 264 g/mol. The first-order valence-corrected chi connectivity index (χ1v) is 8.80. The number of hydrogen-bond donors (Lipinski definition) is 0. The van der Waals surface area contributed by atoms with Crippen LogP contribution in [0.4, 0.5) is 0 Å². The number of carbonyl (C=O) groups excluding carboxylic acids is 1. The lowest BCUT2D eigenvalue weighted by Crippen LogP contribution is -2.37. The molecule has 5 nitrogen and oxygen atoms in total. The van der Waals surface area contributed by atoms with Gasteiger partial charge in [0.25, 0.3) is 0 Å². The van der Waals surface area contributed by atoms with E-state index in [1.807, 2.05) is 13.8 Å². The van der Waals surface area contributed by atoms with Gasteiger partial charge in [-0.05, 0) is 26.2 Å². The van der Waals surface area contributed by atoms with Gasteiger partial charge < -0.3 is 4.90 Å². The molecule has 0 aliphatic carbocycles. The molecule has 0 aromatic rings. The quantitative estimate of drug-likeness (QED) is 0.648. The number of rotatable bonds is 9. The summed E-state index contributed by atoms with van der Waals surface area (Å²) < 4.78 is 24.7. The zero-order valence-electron chi connectivity index (χ0n) is 12.8. The predicted octanol–water partition coefficient (Wildman–Crippen LogP) is 1.55. The molecule has 0 aromatic heterocycles. The van der Waals surface area contributed by atoms with Crippen LogP contribution in [0.1, 0.15) is 40.5 Å². The first-order valence-electron chi connectivity index (χ1n) is 6.95. The highest BCUT2D eigenvalue weighted by atomic mass is 32.2. The normalized spacial score (nSPS) is 12.2. The fraction of sp³-hybridized carbons (Fsp3) is 0.923. The zero-order valence-corrected chi connectivity index (χ0v) is 13.7. The molecule has 0 heterocycles. The molecule has 0 rings (SSSR count). The molecule has 0 aliphatic heterocycles. The summed E-state index contributed by atoms with van der Waals surface area (Å²) in [5.74, 6) is 0.464. The molecule has 0 spiro atoms. The fourth-order valence-electron chi connectivity index (χ4n) is 1.80. The summed E-state index contributed by atoms with van der Waals surface area (Å²) in [6.45, 7) is 10.1. The minimum Gasteiger partial charge on any atom is -0.343 e. The summed E-state index contributed by atoms with van der Waals surface area (Å²) in [7, 11) is -3.23. The van der Waals surface area contributed by atoms with Gasteiger partial charge in [0.15, 0.2) is 0 Å². The Morgan fingerprint density at radius 1 is 1.11 bits per heavy atom. The molecule has 1 amide bonds. The molecule has 0 N–H and O–H groups in total. The molecule has 0 radical (unpaired) electrons. The SMILES string of the molecule is CCN(CC)C(=O)CCN(CCC(C)C)S(C)(=O)=O. The molecule has 0 aliphatic rings. The average molecular weight is 292 g/mol. The van der Waals surface area contributed by atoms with Crippen molar-refractivity contribution in [3.05, 3.63) is 0 Å². The highest BCUT2D eigenvalue weighted by Gasteiger charge is 2.19. The molecule has 0 bridgehead atoms. The van der Waals surface area contributed by atoms with Gasteiger partial charge in [0.1, 0.15) is 0 Å². The lowest BCUT2D eigenvalue weighted by atomic mass is 10.1. The second-order valence-corrected chi connectivity index (χ2v) is 7.14. The van der Waals surface area contributed by atoms with Crippen LogP contribution in [0.25, 0.3) is 0 Å². The fourth-order valence-corrected chi connectivity index (χ4v) is 2.66. The van der Waals surface area contributed by atoms with E-state index in [4.69, 9.17) is 0 Å². The Bertz CT molecular complexity index is 362. The van der Waals surface area contributed by atoms with Gasteiger partial charge in [0.2, 0.25) is 15.9 Å². The van der Waals surface area contributed by atoms with E-state index in [1.165, 1.54) is 10.6 Å². The summed E-state index contributed by atoms with van der Waals surface area (Å²) in [5.41, 5.74) is 0. The largest absolute Gasteiger partial charge is 0.343 e. The van der Waals surface area contributed by atoms with Crippen molar-refractivity contribution in [2.24, 2.45) is 5.92 Å². The summed E-state index contributed by atoms with van der Waals surface area (Å²) in [6.07, 6.45) is 2.27. The van der Waals surface area contributed by atoms with Crippen LogP contribution in [-0.2, 0) is 14.8 Å².